The normalized spacial score (nSPS) is 16.0. The van der Waals surface area contributed by atoms with Crippen molar-refractivity contribution in [1.29, 1.82) is 0 Å². The van der Waals surface area contributed by atoms with Gasteiger partial charge >= 0.3 is 0 Å². The Bertz CT molecular complexity index is 1220. The highest BCUT2D eigenvalue weighted by Gasteiger charge is 2.26. The van der Waals surface area contributed by atoms with Gasteiger partial charge in [-0.3, -0.25) is 9.69 Å². The molecule has 8 heteroatoms. The summed E-state index contributed by atoms with van der Waals surface area (Å²) in [5.41, 5.74) is 3.55. The number of pyridine rings is 1. The van der Waals surface area contributed by atoms with Crippen molar-refractivity contribution in [1.82, 2.24) is 15.2 Å². The van der Waals surface area contributed by atoms with E-state index in [1.807, 2.05) is 37.4 Å². The van der Waals surface area contributed by atoms with Crippen molar-refractivity contribution in [2.75, 3.05) is 38.8 Å². The van der Waals surface area contributed by atoms with Gasteiger partial charge in [0.05, 0.1) is 14.2 Å². The molecule has 1 N–H and O–H groups in total. The van der Waals surface area contributed by atoms with Crippen LogP contribution in [0.1, 0.15) is 34.0 Å². The van der Waals surface area contributed by atoms with Gasteiger partial charge in [0.25, 0.3) is 5.91 Å². The number of benzene rings is 2. The summed E-state index contributed by atoms with van der Waals surface area (Å²) in [5.74, 6) is 2.25. The molecule has 1 fully saturated rings. The van der Waals surface area contributed by atoms with E-state index in [9.17, 15) is 4.79 Å². The van der Waals surface area contributed by atoms with Crippen LogP contribution in [0, 0.1) is 6.92 Å². The van der Waals surface area contributed by atoms with E-state index in [0.29, 0.717) is 23.2 Å². The summed E-state index contributed by atoms with van der Waals surface area (Å²) in [6.07, 6.45) is 1.81. The number of rotatable bonds is 8. The van der Waals surface area contributed by atoms with Crippen molar-refractivity contribution in [2.24, 2.45) is 0 Å². The highest BCUT2D eigenvalue weighted by molar-refractivity contribution is 6.31. The smallest absolute Gasteiger partial charge is 0.251 e. The van der Waals surface area contributed by atoms with Crippen LogP contribution < -0.4 is 19.7 Å². The van der Waals surface area contributed by atoms with Gasteiger partial charge in [-0.25, -0.2) is 4.98 Å². The number of aromatic nitrogens is 1. The second-order valence-electron chi connectivity index (χ2n) is 9.04. The van der Waals surface area contributed by atoms with Gasteiger partial charge < -0.3 is 19.7 Å². The van der Waals surface area contributed by atoms with Crippen LogP contribution in [0.5, 0.6) is 11.5 Å². The molecule has 0 bridgehead atoms. The number of anilines is 1. The molecule has 2 heterocycles. The maximum absolute atomic E-state index is 12.8. The first-order valence-electron chi connectivity index (χ1n) is 12.1. The molecule has 0 radical (unpaired) electrons. The predicted octanol–water partition coefficient (Wildman–Crippen LogP) is 4.70. The number of nitrogens with one attached hydrogen (secondary N) is 1. The quantitative estimate of drug-likeness (QED) is 0.475. The van der Waals surface area contributed by atoms with Crippen molar-refractivity contribution >= 4 is 23.3 Å². The molecule has 2 aromatic carbocycles. The molecule has 1 aliphatic rings. The number of halogens is 1. The van der Waals surface area contributed by atoms with Gasteiger partial charge in [-0.2, -0.15) is 0 Å². The van der Waals surface area contributed by atoms with Gasteiger partial charge in [-0.1, -0.05) is 29.8 Å². The Kier molecular flexibility index (Phi) is 8.33. The molecular formula is C28H33ClN4O3. The van der Waals surface area contributed by atoms with Crippen molar-refractivity contribution in [3.8, 4) is 11.5 Å². The van der Waals surface area contributed by atoms with E-state index in [1.54, 1.807) is 32.4 Å². The lowest BCUT2D eigenvalue weighted by molar-refractivity contribution is 0.0950. The predicted molar refractivity (Wildman–Crippen MR) is 143 cm³/mol. The third-order valence-electron chi connectivity index (χ3n) is 6.72. The number of nitrogens with zero attached hydrogens (tertiary/aromatic N) is 3. The number of carbonyl (C=O) groups is 1. The second-order valence-corrected chi connectivity index (χ2v) is 9.44. The number of piperazine rings is 1. The third-order valence-corrected chi connectivity index (χ3v) is 7.13. The Labute approximate surface area is 218 Å². The molecule has 1 atom stereocenters. The highest BCUT2D eigenvalue weighted by atomic mass is 35.5. The van der Waals surface area contributed by atoms with Crippen LogP contribution in [0.15, 0.2) is 54.7 Å². The summed E-state index contributed by atoms with van der Waals surface area (Å²) in [7, 11) is 3.31. The molecule has 1 unspecified atom stereocenters. The number of methoxy groups -OCH3 is 2. The molecule has 0 spiro atoms. The second kappa shape index (κ2) is 11.6. The Morgan fingerprint density at radius 1 is 1.11 bits per heavy atom. The fraction of sp³-hybridized carbons (Fsp3) is 0.357. The first-order valence-corrected chi connectivity index (χ1v) is 12.5. The molecular weight excluding hydrogens is 476 g/mol. The maximum atomic E-state index is 12.8. The molecule has 4 rings (SSSR count). The molecule has 1 aromatic heterocycles. The Hall–Kier alpha value is -3.29. The van der Waals surface area contributed by atoms with E-state index in [1.165, 1.54) is 5.56 Å². The monoisotopic (exact) mass is 508 g/mol. The Morgan fingerprint density at radius 2 is 1.92 bits per heavy atom. The van der Waals surface area contributed by atoms with Gasteiger partial charge in [-0.15, -0.1) is 0 Å². The third kappa shape index (κ3) is 5.74. The molecule has 190 valence electrons. The fourth-order valence-electron chi connectivity index (χ4n) is 4.61. The van der Waals surface area contributed by atoms with E-state index < -0.39 is 0 Å². The van der Waals surface area contributed by atoms with Crippen molar-refractivity contribution in [3.63, 3.8) is 0 Å². The molecule has 1 aliphatic heterocycles. The number of hydrogen-bond acceptors (Lipinski definition) is 6. The zero-order chi connectivity index (χ0) is 25.7. The minimum Gasteiger partial charge on any atom is -0.493 e. The molecule has 1 saturated heterocycles. The zero-order valence-corrected chi connectivity index (χ0v) is 22.0. The standard InChI is InChI=1S/C28H33ClN4O3/c1-19-17-33(14-13-32(19)18-21-10-11-25(35-3)26(15-21)36-4)27-22(7-6-12-30-27)16-31-28(34)23-8-5-9-24(29)20(23)2/h5-12,15,19H,13-14,16-18H2,1-4H3,(H,31,34). The van der Waals surface area contributed by atoms with Crippen molar-refractivity contribution < 1.29 is 14.3 Å². The summed E-state index contributed by atoms with van der Waals surface area (Å²) in [6.45, 7) is 7.92. The van der Waals surface area contributed by atoms with Crippen LogP contribution in [0.25, 0.3) is 0 Å². The summed E-state index contributed by atoms with van der Waals surface area (Å²) in [4.78, 5) is 22.3. The number of amides is 1. The van der Waals surface area contributed by atoms with Gasteiger partial charge in [-0.05, 0) is 55.3 Å². The summed E-state index contributed by atoms with van der Waals surface area (Å²) < 4.78 is 10.8. The van der Waals surface area contributed by atoms with Crippen LogP contribution in [0.4, 0.5) is 5.82 Å². The van der Waals surface area contributed by atoms with E-state index in [4.69, 9.17) is 21.1 Å². The van der Waals surface area contributed by atoms with Crippen LogP contribution in [0.3, 0.4) is 0 Å². The highest BCUT2D eigenvalue weighted by Crippen LogP contribution is 2.29. The van der Waals surface area contributed by atoms with Crippen LogP contribution in [-0.2, 0) is 13.1 Å². The molecule has 0 aliphatic carbocycles. The minimum absolute atomic E-state index is 0.141. The van der Waals surface area contributed by atoms with E-state index in [0.717, 1.165) is 54.6 Å². The zero-order valence-electron chi connectivity index (χ0n) is 21.3. The van der Waals surface area contributed by atoms with Crippen LogP contribution >= 0.6 is 11.6 Å². The van der Waals surface area contributed by atoms with Gasteiger partial charge in [0, 0.05) is 61.1 Å². The van der Waals surface area contributed by atoms with E-state index >= 15 is 0 Å². The maximum Gasteiger partial charge on any atom is 0.251 e. The lowest BCUT2D eigenvalue weighted by Crippen LogP contribution is -2.52. The van der Waals surface area contributed by atoms with Gasteiger partial charge in [0.1, 0.15) is 5.82 Å². The number of ether oxygens (including phenoxy) is 2. The van der Waals surface area contributed by atoms with E-state index in [2.05, 4.69) is 33.1 Å². The van der Waals surface area contributed by atoms with Crippen LogP contribution in [-0.4, -0.2) is 55.7 Å². The van der Waals surface area contributed by atoms with Crippen LogP contribution in [0.2, 0.25) is 5.02 Å². The molecule has 36 heavy (non-hydrogen) atoms. The fourth-order valence-corrected chi connectivity index (χ4v) is 4.79. The molecule has 1 amide bonds. The first-order chi connectivity index (χ1) is 17.4. The summed E-state index contributed by atoms with van der Waals surface area (Å²) in [5, 5.41) is 3.63. The number of carbonyl (C=O) groups excluding carboxylic acids is 1. The average Bonchev–Trinajstić information content (AvgIpc) is 2.90. The molecule has 0 saturated carbocycles. The largest absolute Gasteiger partial charge is 0.493 e. The summed E-state index contributed by atoms with van der Waals surface area (Å²) in [6, 6.07) is 15.7. The number of hydrogen-bond donors (Lipinski definition) is 1. The van der Waals surface area contributed by atoms with Gasteiger partial charge in [0.2, 0.25) is 0 Å². The molecule has 3 aromatic rings. The van der Waals surface area contributed by atoms with Crippen molar-refractivity contribution in [3.05, 3.63) is 82.0 Å². The topological polar surface area (TPSA) is 66.9 Å². The molecule has 7 nitrogen and oxygen atoms in total. The Morgan fingerprint density at radius 3 is 2.67 bits per heavy atom. The lowest BCUT2D eigenvalue weighted by atomic mass is 10.1. The first kappa shape index (κ1) is 25.8. The minimum atomic E-state index is -0.141. The van der Waals surface area contributed by atoms with Crippen molar-refractivity contribution in [2.45, 2.75) is 33.0 Å². The van der Waals surface area contributed by atoms with Gasteiger partial charge in [0.15, 0.2) is 11.5 Å². The summed E-state index contributed by atoms with van der Waals surface area (Å²) >= 11 is 6.19. The van der Waals surface area contributed by atoms with E-state index in [-0.39, 0.29) is 5.91 Å². The Balaban J connectivity index is 1.40. The average molecular weight is 509 g/mol. The SMILES string of the molecule is COc1ccc(CN2CCN(c3ncccc3CNC(=O)c3cccc(Cl)c3C)CC2C)cc1OC. The lowest BCUT2D eigenvalue weighted by Gasteiger charge is -2.41.